The van der Waals surface area contributed by atoms with Crippen LogP contribution in [-0.4, -0.2) is 38.8 Å². The summed E-state index contributed by atoms with van der Waals surface area (Å²) >= 11 is 0. The zero-order chi connectivity index (χ0) is 21.1. The Morgan fingerprint density at radius 3 is 2.14 bits per heavy atom. The third kappa shape index (κ3) is 5.18. The summed E-state index contributed by atoms with van der Waals surface area (Å²) in [6.07, 6.45) is 1.12. The Kier molecular flexibility index (Phi) is 5.99. The van der Waals surface area contributed by atoms with Gasteiger partial charge in [0.25, 0.3) is 0 Å². The Morgan fingerprint density at radius 2 is 1.55 bits per heavy atom. The maximum absolute atomic E-state index is 12.4. The van der Waals surface area contributed by atoms with Gasteiger partial charge in [0.15, 0.2) is 30.5 Å². The molecule has 0 spiro atoms. The number of rotatable bonds is 7. The van der Waals surface area contributed by atoms with E-state index in [1.165, 1.54) is 18.2 Å². The number of nitrogens with zero attached hydrogens (tertiary/aromatic N) is 2. The van der Waals surface area contributed by atoms with Crippen LogP contribution in [0.1, 0.15) is 12.5 Å². The van der Waals surface area contributed by atoms with E-state index in [0.29, 0.717) is 17.9 Å². The fourth-order valence-corrected chi connectivity index (χ4v) is 4.03. The van der Waals surface area contributed by atoms with Crippen molar-refractivity contribution in [3.05, 3.63) is 66.2 Å². The second-order valence-corrected chi connectivity index (χ2v) is 10.7. The average molecular weight is 432 g/mol. The number of aromatic nitrogens is 2. The summed E-state index contributed by atoms with van der Waals surface area (Å²) in [6.45, 7) is 2.02. The van der Waals surface area contributed by atoms with E-state index >= 15 is 0 Å². The summed E-state index contributed by atoms with van der Waals surface area (Å²) in [7, 11) is -6.89. The van der Waals surface area contributed by atoms with E-state index < -0.39 is 19.7 Å². The minimum Gasteiger partial charge on any atom is -0.366 e. The molecule has 1 aromatic heterocycles. The lowest BCUT2D eigenvalue weighted by Crippen LogP contribution is -2.10. The van der Waals surface area contributed by atoms with Gasteiger partial charge in [0.1, 0.15) is 5.82 Å². The van der Waals surface area contributed by atoms with Gasteiger partial charge < -0.3 is 5.32 Å². The topological polar surface area (TPSA) is 106 Å². The third-order valence-corrected chi connectivity index (χ3v) is 6.99. The van der Waals surface area contributed by atoms with Gasteiger partial charge in [-0.25, -0.2) is 26.8 Å². The predicted octanol–water partition coefficient (Wildman–Crippen LogP) is 2.95. The maximum Gasteiger partial charge on any atom is 0.195 e. The normalized spacial score (nSPS) is 11.9. The molecule has 9 heteroatoms. The molecule has 0 saturated heterocycles. The van der Waals surface area contributed by atoms with Crippen LogP contribution in [0.25, 0.3) is 11.4 Å². The van der Waals surface area contributed by atoms with Crippen LogP contribution in [0.15, 0.2) is 70.6 Å². The van der Waals surface area contributed by atoms with E-state index in [1.54, 1.807) is 19.1 Å². The van der Waals surface area contributed by atoms with E-state index in [9.17, 15) is 16.8 Å². The molecule has 0 aliphatic carbocycles. The highest BCUT2D eigenvalue weighted by atomic mass is 32.2. The fourth-order valence-electron chi connectivity index (χ4n) is 2.59. The minimum atomic E-state index is -3.55. The zero-order valence-corrected chi connectivity index (χ0v) is 17.7. The first-order valence-corrected chi connectivity index (χ1v) is 12.4. The van der Waals surface area contributed by atoms with E-state index in [2.05, 4.69) is 15.3 Å². The van der Waals surface area contributed by atoms with Gasteiger partial charge in [0.2, 0.25) is 0 Å². The molecule has 0 radical (unpaired) electrons. The molecule has 0 amide bonds. The van der Waals surface area contributed by atoms with E-state index in [0.717, 1.165) is 11.8 Å². The van der Waals surface area contributed by atoms with Gasteiger partial charge in [-0.2, -0.15) is 0 Å². The number of anilines is 1. The van der Waals surface area contributed by atoms with Crippen molar-refractivity contribution in [2.75, 3.05) is 17.3 Å². The Balaban J connectivity index is 2.00. The molecule has 0 fully saturated rings. The van der Waals surface area contributed by atoms with Gasteiger partial charge in [0, 0.05) is 24.4 Å². The summed E-state index contributed by atoms with van der Waals surface area (Å²) in [6, 6.07) is 17.1. The minimum absolute atomic E-state index is 0.0762. The highest BCUT2D eigenvalue weighted by Gasteiger charge is 2.18. The highest BCUT2D eigenvalue weighted by Crippen LogP contribution is 2.23. The van der Waals surface area contributed by atoms with Crippen molar-refractivity contribution in [1.82, 2.24) is 9.97 Å². The number of benzene rings is 2. The molecule has 0 aliphatic heterocycles. The summed E-state index contributed by atoms with van der Waals surface area (Å²) < 4.78 is 48.1. The lowest BCUT2D eigenvalue weighted by atomic mass is 10.2. The standard InChI is InChI=1S/C20H21N3O4S2/c1-3-29(26,27)19-13-18(21-14-15-7-5-4-6-8-15)22-20(23-19)16-9-11-17(12-10-16)28(2,24)25/h4-13H,3,14H2,1-2H3,(H,21,22,23). The quantitative estimate of drug-likeness (QED) is 0.573. The molecule has 29 heavy (non-hydrogen) atoms. The Labute approximate surface area is 170 Å². The first-order valence-electron chi connectivity index (χ1n) is 8.89. The number of hydrogen-bond donors (Lipinski definition) is 1. The van der Waals surface area contributed by atoms with E-state index in [4.69, 9.17) is 0 Å². The third-order valence-electron chi connectivity index (χ3n) is 4.26. The molecule has 0 atom stereocenters. The Bertz CT molecular complexity index is 1210. The van der Waals surface area contributed by atoms with Crippen molar-refractivity contribution >= 4 is 25.5 Å². The second kappa shape index (κ2) is 8.30. The Morgan fingerprint density at radius 1 is 0.897 bits per heavy atom. The summed E-state index contributed by atoms with van der Waals surface area (Å²) in [4.78, 5) is 8.79. The van der Waals surface area contributed by atoms with Crippen LogP contribution in [0.5, 0.6) is 0 Å². The summed E-state index contributed by atoms with van der Waals surface area (Å²) in [5.74, 6) is 0.488. The van der Waals surface area contributed by atoms with Gasteiger partial charge in [-0.1, -0.05) is 37.3 Å². The zero-order valence-electron chi connectivity index (χ0n) is 16.0. The number of hydrogen-bond acceptors (Lipinski definition) is 7. The van der Waals surface area contributed by atoms with Crippen molar-refractivity contribution in [1.29, 1.82) is 0 Å². The summed E-state index contributed by atoms with van der Waals surface area (Å²) in [5, 5.41) is 3.06. The van der Waals surface area contributed by atoms with Gasteiger partial charge in [-0.05, 0) is 29.8 Å². The number of nitrogens with one attached hydrogen (secondary N) is 1. The average Bonchev–Trinajstić information content (AvgIpc) is 2.72. The highest BCUT2D eigenvalue weighted by molar-refractivity contribution is 7.91. The van der Waals surface area contributed by atoms with Crippen LogP contribution in [0.4, 0.5) is 5.82 Å². The number of sulfone groups is 2. The largest absolute Gasteiger partial charge is 0.366 e. The predicted molar refractivity (Wildman–Crippen MR) is 112 cm³/mol. The first kappa shape index (κ1) is 20.9. The van der Waals surface area contributed by atoms with Gasteiger partial charge >= 0.3 is 0 Å². The van der Waals surface area contributed by atoms with Crippen LogP contribution in [0.2, 0.25) is 0 Å². The van der Waals surface area contributed by atoms with E-state index in [-0.39, 0.29) is 21.5 Å². The molecule has 0 bridgehead atoms. The Hall–Kier alpha value is -2.78. The van der Waals surface area contributed by atoms with E-state index in [1.807, 2.05) is 30.3 Å². The molecule has 0 saturated carbocycles. The van der Waals surface area contributed by atoms with Crippen molar-refractivity contribution in [2.24, 2.45) is 0 Å². The summed E-state index contributed by atoms with van der Waals surface area (Å²) in [5.41, 5.74) is 1.54. The molecular weight excluding hydrogens is 410 g/mol. The van der Waals surface area contributed by atoms with Crippen LogP contribution >= 0.6 is 0 Å². The van der Waals surface area contributed by atoms with Gasteiger partial charge in [-0.3, -0.25) is 0 Å². The lowest BCUT2D eigenvalue weighted by molar-refractivity contribution is 0.593. The van der Waals surface area contributed by atoms with Crippen molar-refractivity contribution in [3.63, 3.8) is 0 Å². The molecule has 3 aromatic rings. The molecule has 1 heterocycles. The van der Waals surface area contributed by atoms with Crippen molar-refractivity contribution < 1.29 is 16.8 Å². The van der Waals surface area contributed by atoms with Gasteiger partial charge in [-0.15, -0.1) is 0 Å². The molecule has 0 aliphatic rings. The molecule has 3 rings (SSSR count). The van der Waals surface area contributed by atoms with Crippen LogP contribution < -0.4 is 5.32 Å². The first-order chi connectivity index (χ1) is 13.7. The van der Waals surface area contributed by atoms with Crippen LogP contribution in [-0.2, 0) is 26.2 Å². The SMILES string of the molecule is CCS(=O)(=O)c1cc(NCc2ccccc2)nc(-c2ccc(S(C)(=O)=O)cc2)n1. The monoisotopic (exact) mass is 431 g/mol. The molecule has 0 unspecified atom stereocenters. The molecule has 152 valence electrons. The van der Waals surface area contributed by atoms with Crippen LogP contribution in [0.3, 0.4) is 0 Å². The van der Waals surface area contributed by atoms with Crippen molar-refractivity contribution in [3.8, 4) is 11.4 Å². The van der Waals surface area contributed by atoms with Crippen LogP contribution in [0, 0.1) is 0 Å². The lowest BCUT2D eigenvalue weighted by Gasteiger charge is -2.11. The molecular formula is C20H21N3O4S2. The van der Waals surface area contributed by atoms with Crippen molar-refractivity contribution in [2.45, 2.75) is 23.4 Å². The maximum atomic E-state index is 12.4. The second-order valence-electron chi connectivity index (χ2n) is 6.45. The molecule has 7 nitrogen and oxygen atoms in total. The fraction of sp³-hybridized carbons (Fsp3) is 0.200. The molecule has 1 N–H and O–H groups in total. The smallest absolute Gasteiger partial charge is 0.195 e. The van der Waals surface area contributed by atoms with Gasteiger partial charge in [0.05, 0.1) is 10.6 Å². The molecule has 2 aromatic carbocycles.